The van der Waals surface area contributed by atoms with Gasteiger partial charge in [-0.2, -0.15) is 13.2 Å². The Hall–Kier alpha value is -4.52. The van der Waals surface area contributed by atoms with Crippen LogP contribution in [0.15, 0.2) is 41.3 Å². The summed E-state index contributed by atoms with van der Waals surface area (Å²) in [6.45, 7) is 1.80. The number of methoxy groups -OCH3 is 1. The van der Waals surface area contributed by atoms with Crippen LogP contribution in [0.5, 0.6) is 17.4 Å². The molecule has 4 heterocycles. The van der Waals surface area contributed by atoms with Gasteiger partial charge in [0.15, 0.2) is 6.61 Å². The molecule has 1 saturated heterocycles. The normalized spacial score (nSPS) is 28.3. The smallest absolute Gasteiger partial charge is 0.422 e. The molecule has 6 atom stereocenters. The van der Waals surface area contributed by atoms with E-state index in [0.29, 0.717) is 55.2 Å². The summed E-state index contributed by atoms with van der Waals surface area (Å²) in [7, 11) is -2.52. The average molecular weight is 864 g/mol. The maximum absolute atomic E-state index is 14.7. The maximum atomic E-state index is 14.7. The topological polar surface area (TPSA) is 182 Å². The number of nitrogens with one attached hydrogen (secondary N) is 3. The van der Waals surface area contributed by atoms with Crippen molar-refractivity contribution in [1.29, 1.82) is 0 Å². The number of thioether (sulfide) groups is 1. The van der Waals surface area contributed by atoms with Crippen LogP contribution in [0.2, 0.25) is 0 Å². The number of sulfonamides is 1. The third-order valence-electron chi connectivity index (χ3n) is 11.4. The number of aryl methyl sites for hydroxylation is 1. The Morgan fingerprint density at radius 1 is 1.10 bits per heavy atom. The molecular weight excluding hydrogens is 816 g/mol. The molecule has 2 aromatic rings. The molecule has 2 unspecified atom stereocenters. The Kier molecular flexibility index (Phi) is 12.2. The van der Waals surface area contributed by atoms with Crippen LogP contribution in [-0.2, 0) is 29.2 Å². The van der Waals surface area contributed by atoms with E-state index in [-0.39, 0.29) is 42.4 Å². The fraction of sp³-hybridized carbons (Fsp3) is 0.575. The number of amides is 4. The van der Waals surface area contributed by atoms with Gasteiger partial charge in [0.05, 0.1) is 29.7 Å². The number of nitrogens with zero attached hydrogens (tertiary/aromatic N) is 2. The molecule has 19 heteroatoms. The van der Waals surface area contributed by atoms with Crippen LogP contribution in [0.25, 0.3) is 10.9 Å². The Balaban J connectivity index is 1.22. The molecule has 320 valence electrons. The second kappa shape index (κ2) is 16.9. The van der Waals surface area contributed by atoms with Crippen molar-refractivity contribution in [3.63, 3.8) is 0 Å². The SMILES string of the molecule is COc1ccc2c(O[C@@H]3C[C@H]4C(=O)N[C@]5(C(=O)NS(=O)(=O)C6CC6)CC5/C=C\CCCCC[C@H](NC(=O)C5CC=C(C)S5)C(=O)N4C3)cc(OCC(F)(F)F)nc2c1C. The summed E-state index contributed by atoms with van der Waals surface area (Å²) in [6, 6.07) is 2.25. The van der Waals surface area contributed by atoms with E-state index in [1.807, 2.05) is 25.2 Å². The molecule has 5 aliphatic rings. The highest BCUT2D eigenvalue weighted by Gasteiger charge is 2.62. The van der Waals surface area contributed by atoms with Gasteiger partial charge in [0.25, 0.3) is 5.91 Å². The first-order chi connectivity index (χ1) is 28.0. The Labute approximate surface area is 344 Å². The minimum absolute atomic E-state index is 0.0815. The molecule has 7 rings (SSSR count). The van der Waals surface area contributed by atoms with Gasteiger partial charge in [-0.15, -0.1) is 11.8 Å². The molecule has 0 radical (unpaired) electrons. The number of pyridine rings is 1. The Morgan fingerprint density at radius 3 is 2.58 bits per heavy atom. The second-order valence-electron chi connectivity index (χ2n) is 15.9. The van der Waals surface area contributed by atoms with Gasteiger partial charge in [-0.3, -0.25) is 23.9 Å². The predicted octanol–water partition coefficient (Wildman–Crippen LogP) is 4.74. The summed E-state index contributed by atoms with van der Waals surface area (Å²) in [4.78, 5) is 63.1. The summed E-state index contributed by atoms with van der Waals surface area (Å²) >= 11 is 1.41. The monoisotopic (exact) mass is 863 g/mol. The van der Waals surface area contributed by atoms with Crippen molar-refractivity contribution in [2.24, 2.45) is 5.92 Å². The highest BCUT2D eigenvalue weighted by Crippen LogP contribution is 2.46. The van der Waals surface area contributed by atoms with Gasteiger partial charge < -0.3 is 29.7 Å². The van der Waals surface area contributed by atoms with Crippen molar-refractivity contribution in [2.75, 3.05) is 20.3 Å². The van der Waals surface area contributed by atoms with Gasteiger partial charge in [0.2, 0.25) is 33.6 Å². The summed E-state index contributed by atoms with van der Waals surface area (Å²) in [5.41, 5.74) is -0.838. The molecule has 4 amide bonds. The number of alkyl halides is 3. The molecule has 14 nitrogen and oxygen atoms in total. The van der Waals surface area contributed by atoms with Crippen LogP contribution in [-0.4, -0.2) is 103 Å². The van der Waals surface area contributed by atoms with Crippen molar-refractivity contribution in [3.8, 4) is 17.4 Å². The van der Waals surface area contributed by atoms with E-state index in [4.69, 9.17) is 14.2 Å². The third kappa shape index (κ3) is 9.60. The minimum atomic E-state index is -4.66. The van der Waals surface area contributed by atoms with Crippen LogP contribution < -0.4 is 29.6 Å². The summed E-state index contributed by atoms with van der Waals surface area (Å²) in [6.07, 6.45) is 4.50. The van der Waals surface area contributed by atoms with E-state index < -0.39 is 80.7 Å². The van der Waals surface area contributed by atoms with Crippen LogP contribution in [0.1, 0.15) is 76.7 Å². The number of rotatable bonds is 10. The standard InChI is InChI=1S/C40H48F3N5O9S2/c1-22-11-16-32(58-22)36(50)44-28-10-8-6-4-5-7-9-24-19-39(24,38(52)47-59(53,54)26-12-13-26)46-35(49)29-17-25(20-48(29)37(28)51)57-31-18-33(56-21-40(41,42)43)45-34-23(2)30(55-3)15-14-27(31)34/h7,9,11,14-15,18,24-26,28-29,32H,4-6,8,10,12-13,16-17,19-21H2,1-3H3,(H,44,50)(H,46,49)(H,47,52)/b9-7-/t24?,25-,28+,29+,32?,39-/m1/s1. The van der Waals surface area contributed by atoms with Crippen molar-refractivity contribution >= 4 is 56.3 Å². The summed E-state index contributed by atoms with van der Waals surface area (Å²) < 4.78 is 84.6. The highest BCUT2D eigenvalue weighted by atomic mass is 32.2. The number of carbonyl (C=O) groups is 4. The maximum Gasteiger partial charge on any atom is 0.422 e. The van der Waals surface area contributed by atoms with E-state index in [0.717, 1.165) is 17.7 Å². The zero-order chi connectivity index (χ0) is 42.3. The lowest BCUT2D eigenvalue weighted by Crippen LogP contribution is -2.58. The molecule has 0 bridgehead atoms. The lowest BCUT2D eigenvalue weighted by atomic mass is 10.0. The van der Waals surface area contributed by atoms with Gasteiger partial charge in [0.1, 0.15) is 35.2 Å². The number of benzene rings is 1. The third-order valence-corrected chi connectivity index (χ3v) is 14.5. The van der Waals surface area contributed by atoms with Gasteiger partial charge in [-0.1, -0.05) is 31.1 Å². The van der Waals surface area contributed by atoms with Crippen LogP contribution in [0.3, 0.4) is 0 Å². The summed E-state index contributed by atoms with van der Waals surface area (Å²) in [5, 5.41) is 5.07. The molecule has 2 saturated carbocycles. The number of ether oxygens (including phenoxy) is 3. The largest absolute Gasteiger partial charge is 0.496 e. The molecule has 0 spiro atoms. The fourth-order valence-electron chi connectivity index (χ4n) is 7.95. The lowest BCUT2D eigenvalue weighted by Gasteiger charge is -2.30. The summed E-state index contributed by atoms with van der Waals surface area (Å²) in [5.74, 6) is -2.81. The molecular formula is C40H48F3N5O9S2. The number of carbonyl (C=O) groups excluding carboxylic acids is 4. The Morgan fingerprint density at radius 2 is 1.88 bits per heavy atom. The number of hydrogen-bond donors (Lipinski definition) is 3. The van der Waals surface area contributed by atoms with Gasteiger partial charge >= 0.3 is 6.18 Å². The van der Waals surface area contributed by atoms with Gasteiger partial charge in [-0.25, -0.2) is 13.4 Å². The molecule has 2 aliphatic carbocycles. The second-order valence-corrected chi connectivity index (χ2v) is 19.3. The number of aromatic nitrogens is 1. The number of hydrogen-bond acceptors (Lipinski definition) is 11. The lowest BCUT2D eigenvalue weighted by molar-refractivity contribution is -0.154. The van der Waals surface area contributed by atoms with Gasteiger partial charge in [-0.05, 0) is 75.8 Å². The van der Waals surface area contributed by atoms with E-state index in [2.05, 4.69) is 20.3 Å². The van der Waals surface area contributed by atoms with E-state index in [1.54, 1.807) is 19.1 Å². The van der Waals surface area contributed by atoms with Crippen LogP contribution in [0.4, 0.5) is 13.2 Å². The predicted molar refractivity (Wildman–Crippen MR) is 212 cm³/mol. The number of halogens is 3. The van der Waals surface area contributed by atoms with Gasteiger partial charge in [0, 0.05) is 29.4 Å². The van der Waals surface area contributed by atoms with E-state index >= 15 is 0 Å². The van der Waals surface area contributed by atoms with Crippen LogP contribution >= 0.6 is 11.8 Å². The zero-order valence-corrected chi connectivity index (χ0v) is 34.6. The Bertz CT molecular complexity index is 2180. The first-order valence-electron chi connectivity index (χ1n) is 19.8. The molecule has 1 aromatic carbocycles. The van der Waals surface area contributed by atoms with Crippen molar-refractivity contribution in [1.82, 2.24) is 25.2 Å². The number of allylic oxidation sites excluding steroid dienone is 3. The van der Waals surface area contributed by atoms with Crippen molar-refractivity contribution in [2.45, 2.75) is 118 Å². The van der Waals surface area contributed by atoms with E-state index in [9.17, 15) is 40.8 Å². The average Bonchev–Trinajstić information content (AvgIpc) is 4.07. The van der Waals surface area contributed by atoms with E-state index in [1.165, 1.54) is 29.8 Å². The minimum Gasteiger partial charge on any atom is -0.496 e. The molecule has 3 aliphatic heterocycles. The fourth-order valence-corrected chi connectivity index (χ4v) is 10.3. The highest BCUT2D eigenvalue weighted by molar-refractivity contribution is 8.04. The molecule has 1 aromatic heterocycles. The zero-order valence-electron chi connectivity index (χ0n) is 32.9. The first kappa shape index (κ1) is 42.6. The van der Waals surface area contributed by atoms with Crippen molar-refractivity contribution < 1.29 is 55.0 Å². The number of fused-ring (bicyclic) bond motifs is 3. The quantitative estimate of drug-likeness (QED) is 0.281. The van der Waals surface area contributed by atoms with Crippen molar-refractivity contribution in [3.05, 3.63) is 46.9 Å². The molecule has 3 fully saturated rings. The molecule has 59 heavy (non-hydrogen) atoms. The van der Waals surface area contributed by atoms with Crippen LogP contribution in [0, 0.1) is 12.8 Å². The first-order valence-corrected chi connectivity index (χ1v) is 22.2. The molecule has 3 N–H and O–H groups in total.